The maximum absolute atomic E-state index is 12.7. The number of ether oxygens (including phenoxy) is 1. The van der Waals surface area contributed by atoms with Crippen LogP contribution in [-0.2, 0) is 7.05 Å². The van der Waals surface area contributed by atoms with Gasteiger partial charge in [-0.25, -0.2) is 4.98 Å². The number of hydrogen-bond donors (Lipinski definition) is 0. The van der Waals surface area contributed by atoms with E-state index in [0.717, 1.165) is 23.5 Å². The molecule has 2 aromatic rings. The fraction of sp³-hybridized carbons (Fsp3) is 0.375. The second kappa shape index (κ2) is 6.62. The molecule has 1 fully saturated rings. The van der Waals surface area contributed by atoms with Crippen LogP contribution in [0.15, 0.2) is 35.1 Å². The van der Waals surface area contributed by atoms with Crippen LogP contribution in [0.25, 0.3) is 0 Å². The molecule has 0 unspecified atom stereocenters. The number of piperazine rings is 1. The topological polar surface area (TPSA) is 50.6 Å². The maximum atomic E-state index is 12.7. The molecule has 3 rings (SSSR count). The Bertz CT molecular complexity index is 708. The lowest BCUT2D eigenvalue weighted by molar-refractivity contribution is 0.0745. The van der Waals surface area contributed by atoms with Crippen molar-refractivity contribution in [3.05, 3.63) is 40.6 Å². The second-order valence-electron chi connectivity index (χ2n) is 5.46. The van der Waals surface area contributed by atoms with Crippen molar-refractivity contribution < 1.29 is 9.53 Å². The first-order valence-corrected chi connectivity index (χ1v) is 8.24. The Morgan fingerprint density at radius 2 is 2.00 bits per heavy atom. The molecule has 1 aromatic carbocycles. The van der Waals surface area contributed by atoms with E-state index in [1.807, 2.05) is 34.8 Å². The van der Waals surface area contributed by atoms with Gasteiger partial charge in [-0.2, -0.15) is 0 Å². The van der Waals surface area contributed by atoms with Crippen molar-refractivity contribution in [3.63, 3.8) is 0 Å². The zero-order chi connectivity index (χ0) is 16.4. The van der Waals surface area contributed by atoms with E-state index in [1.165, 1.54) is 0 Å². The number of amides is 1. The van der Waals surface area contributed by atoms with Gasteiger partial charge in [-0.3, -0.25) is 4.79 Å². The summed E-state index contributed by atoms with van der Waals surface area (Å²) in [5, 5.41) is 0. The molecule has 2 heterocycles. The number of carbonyl (C=O) groups is 1. The third-order valence-corrected chi connectivity index (χ3v) is 4.74. The molecule has 0 spiro atoms. The number of imidazole rings is 1. The highest BCUT2D eigenvalue weighted by molar-refractivity contribution is 9.10. The number of anilines is 1. The van der Waals surface area contributed by atoms with E-state index in [9.17, 15) is 4.79 Å². The molecule has 0 bridgehead atoms. The van der Waals surface area contributed by atoms with Gasteiger partial charge in [0.05, 0.1) is 12.7 Å². The van der Waals surface area contributed by atoms with Crippen LogP contribution in [0.1, 0.15) is 10.4 Å². The fourth-order valence-electron chi connectivity index (χ4n) is 2.74. The van der Waals surface area contributed by atoms with Crippen molar-refractivity contribution >= 4 is 27.8 Å². The molecular formula is C16H19BrN4O2. The summed E-state index contributed by atoms with van der Waals surface area (Å²) in [6, 6.07) is 5.45. The van der Waals surface area contributed by atoms with Crippen molar-refractivity contribution in [2.45, 2.75) is 0 Å². The Labute approximate surface area is 143 Å². The minimum absolute atomic E-state index is 0.0234. The molecular weight excluding hydrogens is 360 g/mol. The summed E-state index contributed by atoms with van der Waals surface area (Å²) in [6.07, 6.45) is 3.72. The normalized spacial score (nSPS) is 14.9. The lowest BCUT2D eigenvalue weighted by Gasteiger charge is -2.35. The smallest absolute Gasteiger partial charge is 0.255 e. The summed E-state index contributed by atoms with van der Waals surface area (Å²) < 4.78 is 8.00. The maximum Gasteiger partial charge on any atom is 0.255 e. The number of rotatable bonds is 3. The third kappa shape index (κ3) is 3.19. The first-order valence-electron chi connectivity index (χ1n) is 7.45. The van der Waals surface area contributed by atoms with Gasteiger partial charge in [0.1, 0.15) is 5.75 Å². The van der Waals surface area contributed by atoms with Crippen LogP contribution < -0.4 is 9.64 Å². The van der Waals surface area contributed by atoms with Gasteiger partial charge in [-0.15, -0.1) is 0 Å². The van der Waals surface area contributed by atoms with Gasteiger partial charge in [0, 0.05) is 50.1 Å². The fourth-order valence-corrected chi connectivity index (χ4v) is 3.15. The van der Waals surface area contributed by atoms with Gasteiger partial charge < -0.3 is 19.1 Å². The van der Waals surface area contributed by atoms with Crippen LogP contribution in [0.3, 0.4) is 0 Å². The van der Waals surface area contributed by atoms with Crippen LogP contribution in [0.2, 0.25) is 0 Å². The van der Waals surface area contributed by atoms with Gasteiger partial charge in [0.2, 0.25) is 5.95 Å². The van der Waals surface area contributed by atoms with Crippen molar-refractivity contribution in [1.29, 1.82) is 0 Å². The van der Waals surface area contributed by atoms with Gasteiger partial charge in [-0.1, -0.05) is 0 Å². The highest BCUT2D eigenvalue weighted by Crippen LogP contribution is 2.24. The van der Waals surface area contributed by atoms with E-state index in [-0.39, 0.29) is 5.91 Å². The van der Waals surface area contributed by atoms with Crippen LogP contribution in [-0.4, -0.2) is 53.6 Å². The number of carbonyl (C=O) groups excluding carboxylic acids is 1. The summed E-state index contributed by atoms with van der Waals surface area (Å²) in [5.41, 5.74) is 0.634. The molecule has 1 aromatic heterocycles. The minimum atomic E-state index is 0.0234. The van der Waals surface area contributed by atoms with E-state index in [1.54, 1.807) is 19.4 Å². The average molecular weight is 379 g/mol. The highest BCUT2D eigenvalue weighted by atomic mass is 79.9. The van der Waals surface area contributed by atoms with E-state index in [2.05, 4.69) is 25.8 Å². The van der Waals surface area contributed by atoms with Crippen LogP contribution in [0.4, 0.5) is 5.95 Å². The summed E-state index contributed by atoms with van der Waals surface area (Å²) in [6.45, 7) is 2.90. The second-order valence-corrected chi connectivity index (χ2v) is 6.32. The predicted molar refractivity (Wildman–Crippen MR) is 92.0 cm³/mol. The number of benzene rings is 1. The van der Waals surface area contributed by atoms with Gasteiger partial charge >= 0.3 is 0 Å². The van der Waals surface area contributed by atoms with Gasteiger partial charge in [-0.05, 0) is 34.1 Å². The SMILES string of the molecule is COc1ccc(Br)c(C(=O)N2CCN(c3nccn3C)CC2)c1. The number of aryl methyl sites for hydroxylation is 1. The van der Waals surface area contributed by atoms with Crippen molar-refractivity contribution in [2.24, 2.45) is 7.05 Å². The first kappa shape index (κ1) is 15.9. The Hall–Kier alpha value is -2.02. The molecule has 1 saturated heterocycles. The molecule has 0 N–H and O–H groups in total. The van der Waals surface area contributed by atoms with Gasteiger partial charge in [0.15, 0.2) is 0 Å². The molecule has 0 radical (unpaired) electrons. The molecule has 1 aliphatic heterocycles. The Morgan fingerprint density at radius 3 is 2.61 bits per heavy atom. The van der Waals surface area contributed by atoms with E-state index < -0.39 is 0 Å². The molecule has 0 atom stereocenters. The van der Waals surface area contributed by atoms with Crippen molar-refractivity contribution in [1.82, 2.24) is 14.5 Å². The molecule has 0 saturated carbocycles. The number of aromatic nitrogens is 2. The number of halogens is 1. The van der Waals surface area contributed by atoms with Gasteiger partial charge in [0.25, 0.3) is 5.91 Å². The van der Waals surface area contributed by atoms with E-state index in [4.69, 9.17) is 4.74 Å². The van der Waals surface area contributed by atoms with E-state index >= 15 is 0 Å². The summed E-state index contributed by atoms with van der Waals surface area (Å²) in [4.78, 5) is 21.2. The zero-order valence-electron chi connectivity index (χ0n) is 13.2. The van der Waals surface area contributed by atoms with Crippen molar-refractivity contribution in [3.8, 4) is 5.75 Å². The molecule has 1 aliphatic rings. The molecule has 23 heavy (non-hydrogen) atoms. The monoisotopic (exact) mass is 378 g/mol. The Morgan fingerprint density at radius 1 is 1.26 bits per heavy atom. The van der Waals surface area contributed by atoms with E-state index in [0.29, 0.717) is 24.4 Å². The average Bonchev–Trinajstić information content (AvgIpc) is 3.01. The number of methoxy groups -OCH3 is 1. The third-order valence-electron chi connectivity index (χ3n) is 4.05. The number of hydrogen-bond acceptors (Lipinski definition) is 4. The van der Waals surface area contributed by atoms with Crippen LogP contribution in [0.5, 0.6) is 5.75 Å². The Kier molecular flexibility index (Phi) is 4.56. The number of nitrogens with zero attached hydrogens (tertiary/aromatic N) is 4. The lowest BCUT2D eigenvalue weighted by Crippen LogP contribution is -2.49. The first-order chi connectivity index (χ1) is 11.1. The molecule has 1 amide bonds. The van der Waals surface area contributed by atoms with Crippen LogP contribution >= 0.6 is 15.9 Å². The minimum Gasteiger partial charge on any atom is -0.497 e. The Balaban J connectivity index is 1.70. The highest BCUT2D eigenvalue weighted by Gasteiger charge is 2.25. The van der Waals surface area contributed by atoms with Crippen LogP contribution in [0, 0.1) is 0 Å². The molecule has 122 valence electrons. The predicted octanol–water partition coefficient (Wildman–Crippen LogP) is 2.15. The largest absolute Gasteiger partial charge is 0.497 e. The summed E-state index contributed by atoms with van der Waals surface area (Å²) >= 11 is 3.45. The van der Waals surface area contributed by atoms with Crippen molar-refractivity contribution in [2.75, 3.05) is 38.2 Å². The molecule has 0 aliphatic carbocycles. The lowest BCUT2D eigenvalue weighted by atomic mass is 10.1. The standard InChI is InChI=1S/C16H19BrN4O2/c1-19-6-5-18-16(19)21-9-7-20(8-10-21)15(22)13-11-12(23-2)3-4-14(13)17/h3-6,11H,7-10H2,1-2H3. The quantitative estimate of drug-likeness (QED) is 0.820. The molecule has 7 heteroatoms. The molecule has 6 nitrogen and oxygen atoms in total. The summed E-state index contributed by atoms with van der Waals surface area (Å²) in [7, 11) is 3.58. The summed E-state index contributed by atoms with van der Waals surface area (Å²) in [5.74, 6) is 1.65. The zero-order valence-corrected chi connectivity index (χ0v) is 14.8.